The van der Waals surface area contributed by atoms with E-state index < -0.39 is 12.1 Å². The van der Waals surface area contributed by atoms with Gasteiger partial charge < -0.3 is 14.3 Å². The van der Waals surface area contributed by atoms with Gasteiger partial charge in [0.05, 0.1) is 27.6 Å². The number of quaternary nitrogens is 1. The van der Waals surface area contributed by atoms with E-state index in [4.69, 9.17) is 9.84 Å². The van der Waals surface area contributed by atoms with Crippen LogP contribution in [0.25, 0.3) is 0 Å². The van der Waals surface area contributed by atoms with Crippen molar-refractivity contribution in [1.29, 1.82) is 0 Å². The highest BCUT2D eigenvalue weighted by molar-refractivity contribution is 5.71. The molecule has 0 heterocycles. The monoisotopic (exact) mass is 440 g/mol. The number of carbonyl (C=O) groups excluding carboxylic acids is 1. The Bertz CT molecular complexity index is 482. The van der Waals surface area contributed by atoms with Gasteiger partial charge in [0.2, 0.25) is 0 Å². The van der Waals surface area contributed by atoms with Crippen molar-refractivity contribution < 1.29 is 23.9 Å². The van der Waals surface area contributed by atoms with Gasteiger partial charge in [-0.15, -0.1) is 0 Å². The molecule has 0 saturated heterocycles. The Morgan fingerprint density at radius 3 is 1.77 bits per heavy atom. The van der Waals surface area contributed by atoms with Crippen LogP contribution in [0, 0.1) is 0 Å². The Hall–Kier alpha value is -1.36. The minimum Gasteiger partial charge on any atom is -0.481 e. The standard InChI is InChI=1S/C26H49NO4/c1-5-6-7-8-9-10-11-12-13-14-15-16-17-18-19-20-21-26(30)31-24(22-25(28)29)23-27(2,3)4/h12-13,24H,5-11,14-23H2,1-4H3/p+1/b13-12+. The third kappa shape index (κ3) is 23.1. The van der Waals surface area contributed by atoms with Crippen LogP contribution in [-0.4, -0.2) is 55.3 Å². The van der Waals surface area contributed by atoms with Crippen LogP contribution in [0.1, 0.15) is 110 Å². The number of carboxylic acid groups (broad SMARTS) is 1. The first kappa shape index (κ1) is 29.6. The SMILES string of the molecule is CCCCCCCC/C=C/CCCCCCCCC(=O)OC(CC(=O)O)C[N+](C)(C)C. The Labute approximate surface area is 191 Å². The molecule has 0 fully saturated rings. The quantitative estimate of drug-likeness (QED) is 0.0956. The number of hydrogen-bond donors (Lipinski definition) is 1. The van der Waals surface area contributed by atoms with Gasteiger partial charge in [-0.1, -0.05) is 76.9 Å². The Kier molecular flexibility index (Phi) is 18.5. The van der Waals surface area contributed by atoms with Gasteiger partial charge >= 0.3 is 11.9 Å². The molecule has 0 amide bonds. The smallest absolute Gasteiger partial charge is 0.307 e. The zero-order chi connectivity index (χ0) is 23.4. The molecule has 0 saturated carbocycles. The lowest BCUT2D eigenvalue weighted by Crippen LogP contribution is -2.43. The number of esters is 1. The highest BCUT2D eigenvalue weighted by Gasteiger charge is 2.24. The molecular weight excluding hydrogens is 390 g/mol. The molecule has 1 N–H and O–H groups in total. The van der Waals surface area contributed by atoms with Crippen molar-refractivity contribution in [3.8, 4) is 0 Å². The number of ether oxygens (including phenoxy) is 1. The lowest BCUT2D eigenvalue weighted by atomic mass is 10.1. The second-order valence-corrected chi connectivity index (χ2v) is 9.87. The van der Waals surface area contributed by atoms with Crippen molar-refractivity contribution >= 4 is 11.9 Å². The summed E-state index contributed by atoms with van der Waals surface area (Å²) in [6.07, 6.45) is 21.7. The average Bonchev–Trinajstić information content (AvgIpc) is 2.65. The number of carboxylic acids is 1. The van der Waals surface area contributed by atoms with E-state index in [-0.39, 0.29) is 12.4 Å². The summed E-state index contributed by atoms with van der Waals surface area (Å²) in [6, 6.07) is 0. The van der Waals surface area contributed by atoms with Crippen molar-refractivity contribution in [3.05, 3.63) is 12.2 Å². The minimum absolute atomic E-state index is 0.130. The van der Waals surface area contributed by atoms with Crippen molar-refractivity contribution in [1.82, 2.24) is 0 Å². The third-order valence-electron chi connectivity index (χ3n) is 5.34. The topological polar surface area (TPSA) is 63.6 Å². The predicted molar refractivity (Wildman–Crippen MR) is 129 cm³/mol. The molecule has 0 aromatic carbocycles. The summed E-state index contributed by atoms with van der Waals surface area (Å²) < 4.78 is 5.99. The highest BCUT2D eigenvalue weighted by atomic mass is 16.5. The number of nitrogens with zero attached hydrogens (tertiary/aromatic N) is 1. The van der Waals surface area contributed by atoms with Gasteiger partial charge in [-0.05, 0) is 32.1 Å². The van der Waals surface area contributed by atoms with Crippen LogP contribution in [0.3, 0.4) is 0 Å². The summed E-state index contributed by atoms with van der Waals surface area (Å²) in [5.74, 6) is -1.20. The summed E-state index contributed by atoms with van der Waals surface area (Å²) >= 11 is 0. The zero-order valence-corrected chi connectivity index (χ0v) is 20.9. The number of allylic oxidation sites excluding steroid dienone is 2. The van der Waals surface area contributed by atoms with E-state index in [1.165, 1.54) is 70.6 Å². The largest absolute Gasteiger partial charge is 0.481 e. The molecule has 5 heteroatoms. The van der Waals surface area contributed by atoms with Crippen molar-refractivity contribution in [2.75, 3.05) is 27.7 Å². The Morgan fingerprint density at radius 1 is 0.806 bits per heavy atom. The van der Waals surface area contributed by atoms with Crippen LogP contribution in [0.5, 0.6) is 0 Å². The molecule has 0 radical (unpaired) electrons. The second-order valence-electron chi connectivity index (χ2n) is 9.87. The van der Waals surface area contributed by atoms with Gasteiger partial charge in [-0.2, -0.15) is 0 Å². The molecule has 182 valence electrons. The molecule has 0 rings (SSSR count). The molecule has 5 nitrogen and oxygen atoms in total. The Morgan fingerprint density at radius 2 is 1.29 bits per heavy atom. The molecule has 0 spiro atoms. The van der Waals surface area contributed by atoms with Crippen LogP contribution in [0.2, 0.25) is 0 Å². The van der Waals surface area contributed by atoms with Crippen LogP contribution in [-0.2, 0) is 14.3 Å². The maximum absolute atomic E-state index is 12.0. The number of carbonyl (C=O) groups is 2. The highest BCUT2D eigenvalue weighted by Crippen LogP contribution is 2.12. The molecular formula is C26H50NO4+. The molecule has 1 atom stereocenters. The number of hydrogen-bond acceptors (Lipinski definition) is 3. The molecule has 31 heavy (non-hydrogen) atoms. The first-order valence-corrected chi connectivity index (χ1v) is 12.6. The van der Waals surface area contributed by atoms with Crippen molar-refractivity contribution in [3.63, 3.8) is 0 Å². The summed E-state index contributed by atoms with van der Waals surface area (Å²) in [5.41, 5.74) is 0. The number of aliphatic carboxylic acids is 1. The van der Waals surface area contributed by atoms with Crippen LogP contribution >= 0.6 is 0 Å². The maximum Gasteiger partial charge on any atom is 0.307 e. The first-order chi connectivity index (χ1) is 14.7. The van der Waals surface area contributed by atoms with Crippen LogP contribution in [0.15, 0.2) is 12.2 Å². The Balaban J connectivity index is 3.61. The van der Waals surface area contributed by atoms with Gasteiger partial charge in [0, 0.05) is 6.42 Å². The minimum atomic E-state index is -0.927. The van der Waals surface area contributed by atoms with E-state index in [1.807, 2.05) is 21.1 Å². The lowest BCUT2D eigenvalue weighted by Gasteiger charge is -2.28. The van der Waals surface area contributed by atoms with Gasteiger partial charge in [0.25, 0.3) is 0 Å². The van der Waals surface area contributed by atoms with E-state index in [9.17, 15) is 9.59 Å². The van der Waals surface area contributed by atoms with Crippen LogP contribution in [0.4, 0.5) is 0 Å². The fourth-order valence-electron chi connectivity index (χ4n) is 3.71. The van der Waals surface area contributed by atoms with E-state index in [0.29, 0.717) is 17.4 Å². The summed E-state index contributed by atoms with van der Waals surface area (Å²) in [4.78, 5) is 23.0. The van der Waals surface area contributed by atoms with E-state index in [0.717, 1.165) is 19.3 Å². The molecule has 0 aromatic heterocycles. The summed E-state index contributed by atoms with van der Waals surface area (Å²) in [5, 5.41) is 9.02. The van der Waals surface area contributed by atoms with Gasteiger partial charge in [-0.3, -0.25) is 9.59 Å². The number of unbranched alkanes of at least 4 members (excludes halogenated alkanes) is 12. The van der Waals surface area contributed by atoms with E-state index >= 15 is 0 Å². The summed E-state index contributed by atoms with van der Waals surface area (Å²) in [7, 11) is 5.90. The molecule has 0 aromatic rings. The van der Waals surface area contributed by atoms with Crippen molar-refractivity contribution in [2.24, 2.45) is 0 Å². The van der Waals surface area contributed by atoms with E-state index in [2.05, 4.69) is 19.1 Å². The number of likely N-dealkylation sites (N-methyl/N-ethyl adjacent to an activating group) is 1. The second kappa shape index (κ2) is 19.3. The van der Waals surface area contributed by atoms with E-state index in [1.54, 1.807) is 0 Å². The van der Waals surface area contributed by atoms with Gasteiger partial charge in [0.15, 0.2) is 6.10 Å². The predicted octanol–water partition coefficient (Wildman–Crippen LogP) is 6.51. The van der Waals surface area contributed by atoms with Crippen molar-refractivity contribution in [2.45, 2.75) is 116 Å². The lowest BCUT2D eigenvalue weighted by molar-refractivity contribution is -0.873. The molecule has 0 bridgehead atoms. The molecule has 1 unspecified atom stereocenters. The number of rotatable bonds is 21. The van der Waals surface area contributed by atoms with Gasteiger partial charge in [-0.25, -0.2) is 0 Å². The average molecular weight is 441 g/mol. The normalized spacial score (nSPS) is 12.9. The third-order valence-corrected chi connectivity index (χ3v) is 5.34. The first-order valence-electron chi connectivity index (χ1n) is 12.6. The van der Waals surface area contributed by atoms with Crippen LogP contribution < -0.4 is 0 Å². The fourth-order valence-corrected chi connectivity index (χ4v) is 3.71. The maximum atomic E-state index is 12.0. The molecule has 0 aliphatic rings. The fraction of sp³-hybridized carbons (Fsp3) is 0.846. The summed E-state index contributed by atoms with van der Waals surface area (Å²) in [6.45, 7) is 2.76. The zero-order valence-electron chi connectivity index (χ0n) is 20.9. The molecule has 0 aliphatic carbocycles. The van der Waals surface area contributed by atoms with Gasteiger partial charge in [0.1, 0.15) is 6.54 Å². The molecule has 0 aliphatic heterocycles.